The molecule has 0 unspecified atom stereocenters. The molecule has 18 heavy (non-hydrogen) atoms. The molecule has 1 saturated heterocycles. The predicted molar refractivity (Wildman–Crippen MR) is 69.6 cm³/mol. The Hall–Kier alpha value is -1.10. The van der Waals surface area contributed by atoms with E-state index in [-0.39, 0.29) is 0 Å². The quantitative estimate of drug-likeness (QED) is 0.888. The molecule has 0 aliphatic carbocycles. The smallest absolute Gasteiger partial charge is 0.196 e. The number of benzene rings is 1. The van der Waals surface area contributed by atoms with Crippen molar-refractivity contribution in [3.05, 3.63) is 29.3 Å². The maximum absolute atomic E-state index is 5.88. The van der Waals surface area contributed by atoms with E-state index in [1.165, 1.54) is 0 Å². The van der Waals surface area contributed by atoms with Gasteiger partial charge in [-0.25, -0.2) is 0 Å². The van der Waals surface area contributed by atoms with Gasteiger partial charge in [-0.1, -0.05) is 0 Å². The molecule has 4 nitrogen and oxygen atoms in total. The lowest BCUT2D eigenvalue weighted by Gasteiger charge is -2.37. The van der Waals surface area contributed by atoms with Crippen molar-refractivity contribution in [2.75, 3.05) is 26.9 Å². The van der Waals surface area contributed by atoms with Crippen LogP contribution >= 0.6 is 0 Å². The normalized spacial score (nSPS) is 18.6. The van der Waals surface area contributed by atoms with Gasteiger partial charge in [0.05, 0.1) is 20.3 Å². The second kappa shape index (κ2) is 5.69. The molecule has 2 N–H and O–H groups in total. The van der Waals surface area contributed by atoms with E-state index in [0.717, 1.165) is 23.3 Å². The summed E-state index contributed by atoms with van der Waals surface area (Å²) in [5, 5.41) is 0. The molecule has 0 saturated carbocycles. The first kappa shape index (κ1) is 13.3. The number of rotatable bonds is 4. The summed E-state index contributed by atoms with van der Waals surface area (Å²) < 4.78 is 17.0. The Morgan fingerprint density at radius 3 is 2.61 bits per heavy atom. The van der Waals surface area contributed by atoms with Gasteiger partial charge in [0, 0.05) is 12.0 Å². The van der Waals surface area contributed by atoms with Gasteiger partial charge < -0.3 is 19.9 Å². The van der Waals surface area contributed by atoms with E-state index >= 15 is 0 Å². The van der Waals surface area contributed by atoms with Crippen LogP contribution < -0.4 is 10.5 Å². The summed E-state index contributed by atoms with van der Waals surface area (Å²) in [6, 6.07) is 6.00. The highest BCUT2D eigenvalue weighted by atomic mass is 16.7. The van der Waals surface area contributed by atoms with Gasteiger partial charge in [0.2, 0.25) is 0 Å². The molecule has 0 amide bonds. The van der Waals surface area contributed by atoms with Crippen LogP contribution in [0.15, 0.2) is 18.2 Å². The molecule has 0 atom stereocenters. The van der Waals surface area contributed by atoms with Crippen LogP contribution in [0.25, 0.3) is 0 Å². The van der Waals surface area contributed by atoms with Gasteiger partial charge in [0.25, 0.3) is 0 Å². The summed E-state index contributed by atoms with van der Waals surface area (Å²) in [5.74, 6) is 0.196. The molecule has 1 fully saturated rings. The molecule has 1 aliphatic heterocycles. The Kier molecular flexibility index (Phi) is 4.22. The number of aryl methyl sites for hydroxylation is 1. The first-order chi connectivity index (χ1) is 8.72. The van der Waals surface area contributed by atoms with Crippen molar-refractivity contribution in [1.29, 1.82) is 0 Å². The highest BCUT2D eigenvalue weighted by molar-refractivity contribution is 5.38. The van der Waals surface area contributed by atoms with E-state index in [4.69, 9.17) is 19.9 Å². The Balaban J connectivity index is 2.33. The van der Waals surface area contributed by atoms with Crippen molar-refractivity contribution in [3.63, 3.8) is 0 Å². The Bertz CT molecular complexity index is 395. The minimum absolute atomic E-state index is 0.533. The van der Waals surface area contributed by atoms with Crippen molar-refractivity contribution in [3.8, 4) is 5.75 Å². The molecule has 100 valence electrons. The third-order valence-corrected chi connectivity index (χ3v) is 3.27. The molecular formula is C14H21NO3. The van der Waals surface area contributed by atoms with E-state index < -0.39 is 5.79 Å². The molecule has 1 aromatic rings. The van der Waals surface area contributed by atoms with Crippen molar-refractivity contribution in [2.45, 2.75) is 25.6 Å². The average molecular weight is 251 g/mol. The zero-order valence-corrected chi connectivity index (χ0v) is 11.1. The van der Waals surface area contributed by atoms with Crippen molar-refractivity contribution in [1.82, 2.24) is 0 Å². The number of nitrogens with two attached hydrogens (primary N) is 1. The van der Waals surface area contributed by atoms with Gasteiger partial charge in [0.1, 0.15) is 5.75 Å². The van der Waals surface area contributed by atoms with Gasteiger partial charge in [-0.15, -0.1) is 0 Å². The van der Waals surface area contributed by atoms with E-state index in [9.17, 15) is 0 Å². The van der Waals surface area contributed by atoms with Crippen LogP contribution in [-0.4, -0.2) is 26.9 Å². The maximum atomic E-state index is 5.88. The lowest BCUT2D eigenvalue weighted by molar-refractivity contribution is -0.278. The summed E-state index contributed by atoms with van der Waals surface area (Å²) in [7, 11) is 1.67. The van der Waals surface area contributed by atoms with Crippen molar-refractivity contribution < 1.29 is 14.2 Å². The SMILES string of the molecule is COc1ccc(C2(CCN)OCCCO2)cc1C. The van der Waals surface area contributed by atoms with Crippen LogP contribution in [-0.2, 0) is 15.3 Å². The molecule has 0 bridgehead atoms. The van der Waals surface area contributed by atoms with E-state index in [1.54, 1.807) is 7.11 Å². The second-order valence-electron chi connectivity index (χ2n) is 4.53. The van der Waals surface area contributed by atoms with Crippen LogP contribution in [0.5, 0.6) is 5.75 Å². The van der Waals surface area contributed by atoms with Crippen LogP contribution in [0.3, 0.4) is 0 Å². The minimum Gasteiger partial charge on any atom is -0.496 e. The monoisotopic (exact) mass is 251 g/mol. The molecular weight excluding hydrogens is 230 g/mol. The lowest BCUT2D eigenvalue weighted by Crippen LogP contribution is -2.39. The van der Waals surface area contributed by atoms with Gasteiger partial charge >= 0.3 is 0 Å². The van der Waals surface area contributed by atoms with Gasteiger partial charge in [-0.3, -0.25) is 0 Å². The molecule has 0 spiro atoms. The minimum atomic E-state index is -0.677. The highest BCUT2D eigenvalue weighted by Gasteiger charge is 2.36. The topological polar surface area (TPSA) is 53.7 Å². The third kappa shape index (κ3) is 2.51. The van der Waals surface area contributed by atoms with Gasteiger partial charge in [-0.05, 0) is 43.7 Å². The molecule has 1 aliphatic rings. The number of hydrogen-bond donors (Lipinski definition) is 1. The first-order valence-corrected chi connectivity index (χ1v) is 6.35. The zero-order valence-electron chi connectivity index (χ0n) is 11.1. The molecule has 4 heteroatoms. The van der Waals surface area contributed by atoms with Crippen LogP contribution in [0, 0.1) is 6.92 Å². The molecule has 0 radical (unpaired) electrons. The highest BCUT2D eigenvalue weighted by Crippen LogP contribution is 2.35. The van der Waals surface area contributed by atoms with E-state index in [1.807, 2.05) is 19.1 Å². The summed E-state index contributed by atoms with van der Waals surface area (Å²) in [6.07, 6.45) is 1.60. The van der Waals surface area contributed by atoms with Crippen molar-refractivity contribution >= 4 is 0 Å². The van der Waals surface area contributed by atoms with E-state index in [2.05, 4.69) is 6.07 Å². The number of hydrogen-bond acceptors (Lipinski definition) is 4. The fourth-order valence-corrected chi connectivity index (χ4v) is 2.34. The summed E-state index contributed by atoms with van der Waals surface area (Å²) in [5.41, 5.74) is 7.78. The molecule has 1 heterocycles. The zero-order chi connectivity index (χ0) is 13.0. The van der Waals surface area contributed by atoms with Crippen molar-refractivity contribution in [2.24, 2.45) is 5.73 Å². The maximum Gasteiger partial charge on any atom is 0.196 e. The fraction of sp³-hybridized carbons (Fsp3) is 0.571. The average Bonchev–Trinajstić information content (AvgIpc) is 2.40. The Morgan fingerprint density at radius 2 is 2.06 bits per heavy atom. The summed E-state index contributed by atoms with van der Waals surface area (Å²) >= 11 is 0. The first-order valence-electron chi connectivity index (χ1n) is 6.35. The van der Waals surface area contributed by atoms with Crippen LogP contribution in [0.4, 0.5) is 0 Å². The number of methoxy groups -OCH3 is 1. The van der Waals surface area contributed by atoms with Crippen LogP contribution in [0.1, 0.15) is 24.0 Å². The van der Waals surface area contributed by atoms with E-state index in [0.29, 0.717) is 26.2 Å². The number of ether oxygens (including phenoxy) is 3. The largest absolute Gasteiger partial charge is 0.496 e. The third-order valence-electron chi connectivity index (χ3n) is 3.27. The predicted octanol–water partition coefficient (Wildman–Crippen LogP) is 1.94. The molecule has 1 aromatic carbocycles. The Morgan fingerprint density at radius 1 is 1.33 bits per heavy atom. The summed E-state index contributed by atoms with van der Waals surface area (Å²) in [4.78, 5) is 0. The van der Waals surface area contributed by atoms with Gasteiger partial charge in [0.15, 0.2) is 5.79 Å². The summed E-state index contributed by atoms with van der Waals surface area (Å²) in [6.45, 7) is 3.97. The molecule has 0 aromatic heterocycles. The van der Waals surface area contributed by atoms with Gasteiger partial charge in [-0.2, -0.15) is 0 Å². The standard InChI is InChI=1S/C14H21NO3/c1-11-10-12(4-5-13(11)16-2)14(6-7-15)17-8-3-9-18-14/h4-5,10H,3,6-9,15H2,1-2H3. The Labute approximate surface area is 108 Å². The molecule has 2 rings (SSSR count). The second-order valence-corrected chi connectivity index (χ2v) is 4.53. The lowest BCUT2D eigenvalue weighted by atomic mass is 9.99. The fourth-order valence-electron chi connectivity index (χ4n) is 2.34. The van der Waals surface area contributed by atoms with Crippen LogP contribution in [0.2, 0.25) is 0 Å².